The molecular formula is C11H24N2OS. The summed E-state index contributed by atoms with van der Waals surface area (Å²) in [6.07, 6.45) is 4.55. The van der Waals surface area contributed by atoms with Gasteiger partial charge in [0.15, 0.2) is 0 Å². The molecule has 0 radical (unpaired) electrons. The Morgan fingerprint density at radius 3 is 2.73 bits per heavy atom. The molecule has 0 spiro atoms. The Morgan fingerprint density at radius 2 is 2.13 bits per heavy atom. The van der Waals surface area contributed by atoms with E-state index in [0.29, 0.717) is 6.54 Å². The van der Waals surface area contributed by atoms with Crippen molar-refractivity contribution in [3.05, 3.63) is 0 Å². The topological polar surface area (TPSA) is 44.3 Å². The Balaban J connectivity index is 2.09. The van der Waals surface area contributed by atoms with Crippen LogP contribution < -0.4 is 10.6 Å². The van der Waals surface area contributed by atoms with Crippen molar-refractivity contribution in [2.45, 2.75) is 25.4 Å². The maximum absolute atomic E-state index is 9.95. The first-order valence-corrected chi connectivity index (χ1v) is 7.16. The molecule has 0 aliphatic carbocycles. The molecule has 1 saturated heterocycles. The molecule has 0 saturated carbocycles. The predicted octanol–water partition coefficient (Wildman–Crippen LogP) is 0.690. The van der Waals surface area contributed by atoms with Gasteiger partial charge in [0.25, 0.3) is 0 Å². The number of rotatable bonds is 6. The van der Waals surface area contributed by atoms with Crippen molar-refractivity contribution < 1.29 is 5.11 Å². The van der Waals surface area contributed by atoms with E-state index in [9.17, 15) is 5.11 Å². The van der Waals surface area contributed by atoms with E-state index in [-0.39, 0.29) is 0 Å². The third-order valence-corrected chi connectivity index (χ3v) is 3.76. The molecule has 1 unspecified atom stereocenters. The fourth-order valence-electron chi connectivity index (χ4n) is 1.99. The second-order valence-corrected chi connectivity index (χ2v) is 5.62. The van der Waals surface area contributed by atoms with Crippen molar-refractivity contribution in [1.82, 2.24) is 10.6 Å². The summed E-state index contributed by atoms with van der Waals surface area (Å²) < 4.78 is 0. The summed E-state index contributed by atoms with van der Waals surface area (Å²) >= 11 is 1.69. The summed E-state index contributed by atoms with van der Waals surface area (Å²) in [6.45, 7) is 5.95. The summed E-state index contributed by atoms with van der Waals surface area (Å²) in [5.74, 6) is 1.59. The second-order valence-electron chi connectivity index (χ2n) is 4.75. The quantitative estimate of drug-likeness (QED) is 0.630. The molecule has 1 atom stereocenters. The molecule has 0 amide bonds. The van der Waals surface area contributed by atoms with E-state index in [0.717, 1.165) is 31.3 Å². The van der Waals surface area contributed by atoms with E-state index in [1.165, 1.54) is 12.8 Å². The fraction of sp³-hybridized carbons (Fsp3) is 1.00. The van der Waals surface area contributed by atoms with Gasteiger partial charge in [0.1, 0.15) is 0 Å². The molecule has 90 valence electrons. The van der Waals surface area contributed by atoms with Crippen LogP contribution >= 0.6 is 11.8 Å². The normalized spacial score (nSPS) is 22.6. The van der Waals surface area contributed by atoms with Gasteiger partial charge in [-0.2, -0.15) is 11.8 Å². The molecule has 3 N–H and O–H groups in total. The van der Waals surface area contributed by atoms with E-state index in [4.69, 9.17) is 0 Å². The molecule has 1 aliphatic heterocycles. The van der Waals surface area contributed by atoms with Gasteiger partial charge in [-0.25, -0.2) is 0 Å². The highest BCUT2D eigenvalue weighted by Gasteiger charge is 2.20. The van der Waals surface area contributed by atoms with Crippen LogP contribution in [0.4, 0.5) is 0 Å². The lowest BCUT2D eigenvalue weighted by Gasteiger charge is -2.26. The molecule has 3 nitrogen and oxygen atoms in total. The van der Waals surface area contributed by atoms with Gasteiger partial charge in [-0.1, -0.05) is 0 Å². The number of piperidine rings is 1. The molecule has 0 bridgehead atoms. The highest BCUT2D eigenvalue weighted by molar-refractivity contribution is 7.98. The van der Waals surface area contributed by atoms with E-state index < -0.39 is 5.60 Å². The largest absolute Gasteiger partial charge is 0.388 e. The van der Waals surface area contributed by atoms with Crippen LogP contribution in [-0.4, -0.2) is 48.9 Å². The minimum absolute atomic E-state index is 0.563. The minimum Gasteiger partial charge on any atom is -0.388 e. The Morgan fingerprint density at radius 1 is 1.47 bits per heavy atom. The highest BCUT2D eigenvalue weighted by atomic mass is 32.2. The molecule has 15 heavy (non-hydrogen) atoms. The minimum atomic E-state index is -0.563. The molecule has 0 aromatic heterocycles. The summed E-state index contributed by atoms with van der Waals surface area (Å²) in [7, 11) is 0. The molecular weight excluding hydrogens is 208 g/mol. The van der Waals surface area contributed by atoms with Crippen LogP contribution in [0.15, 0.2) is 0 Å². The van der Waals surface area contributed by atoms with Crippen molar-refractivity contribution in [3.8, 4) is 0 Å². The number of aliphatic hydroxyl groups is 1. The number of nitrogens with one attached hydrogen (secondary N) is 2. The zero-order chi connectivity index (χ0) is 11.1. The number of hydrogen-bond donors (Lipinski definition) is 3. The van der Waals surface area contributed by atoms with Crippen molar-refractivity contribution in [1.29, 1.82) is 0 Å². The average Bonchev–Trinajstić information content (AvgIpc) is 2.19. The Hall–Kier alpha value is 0.230. The van der Waals surface area contributed by atoms with Crippen LogP contribution in [0.1, 0.15) is 19.8 Å². The van der Waals surface area contributed by atoms with Crippen molar-refractivity contribution in [2.75, 3.05) is 38.2 Å². The lowest BCUT2D eigenvalue weighted by Crippen LogP contribution is -2.42. The molecule has 1 aliphatic rings. The Labute approximate surface area is 97.4 Å². The van der Waals surface area contributed by atoms with E-state index >= 15 is 0 Å². The molecule has 1 fully saturated rings. The van der Waals surface area contributed by atoms with Crippen LogP contribution in [0.2, 0.25) is 0 Å². The van der Waals surface area contributed by atoms with Crippen molar-refractivity contribution in [3.63, 3.8) is 0 Å². The van der Waals surface area contributed by atoms with Gasteiger partial charge in [0.05, 0.1) is 5.60 Å². The standard InChI is InChI=1S/C11H24N2OS/c1-11(14,9-15-2)8-13-7-10-3-5-12-6-4-10/h10,12-14H,3-9H2,1-2H3. The lowest BCUT2D eigenvalue weighted by molar-refractivity contribution is 0.0832. The van der Waals surface area contributed by atoms with E-state index in [1.807, 2.05) is 13.2 Å². The highest BCUT2D eigenvalue weighted by Crippen LogP contribution is 2.12. The maximum atomic E-state index is 9.95. The lowest BCUT2D eigenvalue weighted by atomic mass is 9.98. The van der Waals surface area contributed by atoms with Gasteiger partial charge in [-0.15, -0.1) is 0 Å². The van der Waals surface area contributed by atoms with Crippen molar-refractivity contribution in [2.24, 2.45) is 5.92 Å². The van der Waals surface area contributed by atoms with Gasteiger partial charge in [-0.3, -0.25) is 0 Å². The molecule has 0 aromatic carbocycles. The summed E-state index contributed by atoms with van der Waals surface area (Å²) in [5, 5.41) is 16.7. The zero-order valence-electron chi connectivity index (χ0n) is 9.88. The van der Waals surface area contributed by atoms with Gasteiger partial charge in [-0.05, 0) is 51.6 Å². The van der Waals surface area contributed by atoms with Crippen LogP contribution in [-0.2, 0) is 0 Å². The summed E-state index contributed by atoms with van der Waals surface area (Å²) in [6, 6.07) is 0. The monoisotopic (exact) mass is 232 g/mol. The van der Waals surface area contributed by atoms with Crippen LogP contribution in [0.5, 0.6) is 0 Å². The summed E-state index contributed by atoms with van der Waals surface area (Å²) in [4.78, 5) is 0. The number of hydrogen-bond acceptors (Lipinski definition) is 4. The first-order valence-electron chi connectivity index (χ1n) is 5.77. The third-order valence-electron chi connectivity index (χ3n) is 2.85. The van der Waals surface area contributed by atoms with Gasteiger partial charge in [0, 0.05) is 12.3 Å². The molecule has 1 rings (SSSR count). The molecule has 0 aromatic rings. The second kappa shape index (κ2) is 6.74. The molecule has 4 heteroatoms. The van der Waals surface area contributed by atoms with Gasteiger partial charge >= 0.3 is 0 Å². The van der Waals surface area contributed by atoms with Gasteiger partial charge in [0.2, 0.25) is 0 Å². The Kier molecular flexibility index (Phi) is 5.97. The Bertz CT molecular complexity index is 170. The predicted molar refractivity (Wildman–Crippen MR) is 67.5 cm³/mol. The SMILES string of the molecule is CSCC(C)(O)CNCC1CCNCC1. The van der Waals surface area contributed by atoms with Crippen molar-refractivity contribution >= 4 is 11.8 Å². The zero-order valence-corrected chi connectivity index (χ0v) is 10.7. The summed E-state index contributed by atoms with van der Waals surface area (Å²) in [5.41, 5.74) is -0.563. The molecule has 1 heterocycles. The first kappa shape index (κ1) is 13.3. The third kappa shape index (κ3) is 5.76. The number of thioether (sulfide) groups is 1. The van der Waals surface area contributed by atoms with Crippen LogP contribution in [0.3, 0.4) is 0 Å². The first-order chi connectivity index (χ1) is 7.14. The average molecular weight is 232 g/mol. The van der Waals surface area contributed by atoms with Crippen LogP contribution in [0.25, 0.3) is 0 Å². The van der Waals surface area contributed by atoms with Crippen LogP contribution in [0, 0.1) is 5.92 Å². The maximum Gasteiger partial charge on any atom is 0.0833 e. The van der Waals surface area contributed by atoms with E-state index in [1.54, 1.807) is 11.8 Å². The van der Waals surface area contributed by atoms with E-state index in [2.05, 4.69) is 10.6 Å². The smallest absolute Gasteiger partial charge is 0.0833 e. The van der Waals surface area contributed by atoms with Gasteiger partial charge < -0.3 is 15.7 Å². The fourth-order valence-corrected chi connectivity index (χ4v) is 2.72.